The summed E-state index contributed by atoms with van der Waals surface area (Å²) < 4.78 is 11.4. The van der Waals surface area contributed by atoms with Crippen LogP contribution in [0.25, 0.3) is 0 Å². The predicted molar refractivity (Wildman–Crippen MR) is 141 cm³/mol. The third-order valence-corrected chi connectivity index (χ3v) is 5.64. The molecule has 0 bridgehead atoms. The number of carbonyl (C=O) groups is 2. The molecule has 0 amide bonds. The summed E-state index contributed by atoms with van der Waals surface area (Å²) in [5.41, 5.74) is 4.73. The maximum Gasteiger partial charge on any atom is 0.193 e. The second-order valence-corrected chi connectivity index (χ2v) is 8.29. The van der Waals surface area contributed by atoms with Crippen molar-refractivity contribution in [3.63, 3.8) is 0 Å². The lowest BCUT2D eigenvalue weighted by molar-refractivity contribution is 0.103. The highest BCUT2D eigenvalue weighted by atomic mass is 16.5. The Morgan fingerprint density at radius 3 is 1.17 bits per heavy atom. The third-order valence-electron chi connectivity index (χ3n) is 5.64. The molecule has 0 N–H and O–H groups in total. The van der Waals surface area contributed by atoms with E-state index in [4.69, 9.17) is 9.47 Å². The Labute approximate surface area is 211 Å². The van der Waals surface area contributed by atoms with Crippen molar-refractivity contribution in [2.75, 3.05) is 13.2 Å². The quantitative estimate of drug-likeness (QED) is 0.134. The number of hydrogen-bond donors (Lipinski definition) is 0. The summed E-state index contributed by atoms with van der Waals surface area (Å²) in [6.45, 7) is 1.90. The standard InChI is InChI=1S/C32H28O4/c33-31(27-9-3-1-4-10-27)29-17-13-25(14-18-29)23-35-21-7-8-22-36-24-26-15-19-30(20-16-26)32(34)28-11-5-2-6-12-28/h1-20H,21-24H2/b8-7+. The minimum Gasteiger partial charge on any atom is -0.373 e. The SMILES string of the molecule is O=C(c1ccccc1)c1ccc(COC/C=C/COCc2ccc(C(=O)c3ccccc3)cc2)cc1. The molecule has 0 atom stereocenters. The molecule has 4 nitrogen and oxygen atoms in total. The van der Waals surface area contributed by atoms with Crippen molar-refractivity contribution in [2.45, 2.75) is 13.2 Å². The second kappa shape index (κ2) is 13.1. The van der Waals surface area contributed by atoms with Crippen LogP contribution >= 0.6 is 0 Å². The maximum absolute atomic E-state index is 12.5. The van der Waals surface area contributed by atoms with Crippen LogP contribution in [0, 0.1) is 0 Å². The zero-order valence-electron chi connectivity index (χ0n) is 20.0. The first-order chi connectivity index (χ1) is 17.7. The number of ketones is 2. The first-order valence-corrected chi connectivity index (χ1v) is 11.9. The molecule has 4 aromatic carbocycles. The van der Waals surface area contributed by atoms with E-state index in [2.05, 4.69) is 0 Å². The number of benzene rings is 4. The van der Waals surface area contributed by atoms with Gasteiger partial charge in [-0.25, -0.2) is 0 Å². The van der Waals surface area contributed by atoms with Gasteiger partial charge in [0.05, 0.1) is 26.4 Å². The van der Waals surface area contributed by atoms with Crippen molar-refractivity contribution in [2.24, 2.45) is 0 Å². The Balaban J connectivity index is 1.12. The van der Waals surface area contributed by atoms with Crippen LogP contribution in [0.4, 0.5) is 0 Å². The van der Waals surface area contributed by atoms with Crippen LogP contribution in [0.15, 0.2) is 121 Å². The van der Waals surface area contributed by atoms with E-state index in [-0.39, 0.29) is 11.6 Å². The van der Waals surface area contributed by atoms with Gasteiger partial charge < -0.3 is 9.47 Å². The van der Waals surface area contributed by atoms with Gasteiger partial charge in [-0.1, -0.05) is 121 Å². The molecule has 4 aromatic rings. The van der Waals surface area contributed by atoms with Crippen LogP contribution in [0.2, 0.25) is 0 Å². The Morgan fingerprint density at radius 2 is 0.806 bits per heavy atom. The Morgan fingerprint density at radius 1 is 0.472 bits per heavy atom. The fourth-order valence-electron chi connectivity index (χ4n) is 3.64. The van der Waals surface area contributed by atoms with Crippen LogP contribution in [0.3, 0.4) is 0 Å². The highest BCUT2D eigenvalue weighted by molar-refractivity contribution is 6.09. The van der Waals surface area contributed by atoms with Gasteiger partial charge in [-0.15, -0.1) is 0 Å². The van der Waals surface area contributed by atoms with Gasteiger partial charge >= 0.3 is 0 Å². The van der Waals surface area contributed by atoms with Gasteiger partial charge in [-0.05, 0) is 11.1 Å². The molecule has 4 heteroatoms. The van der Waals surface area contributed by atoms with Crippen LogP contribution in [-0.4, -0.2) is 24.8 Å². The average molecular weight is 477 g/mol. The number of hydrogen-bond acceptors (Lipinski definition) is 4. The van der Waals surface area contributed by atoms with Gasteiger partial charge in [0, 0.05) is 22.3 Å². The monoisotopic (exact) mass is 476 g/mol. The smallest absolute Gasteiger partial charge is 0.193 e. The van der Waals surface area contributed by atoms with E-state index in [1.165, 1.54) is 0 Å². The van der Waals surface area contributed by atoms with E-state index < -0.39 is 0 Å². The normalized spacial score (nSPS) is 11.0. The molecule has 0 unspecified atom stereocenters. The van der Waals surface area contributed by atoms with E-state index in [1.807, 2.05) is 121 Å². The first-order valence-electron chi connectivity index (χ1n) is 11.9. The van der Waals surface area contributed by atoms with Crippen molar-refractivity contribution in [1.29, 1.82) is 0 Å². The molecule has 0 aliphatic rings. The Hall–Kier alpha value is -4.12. The first kappa shape index (κ1) is 25.0. The van der Waals surface area contributed by atoms with Crippen molar-refractivity contribution >= 4 is 11.6 Å². The molecule has 36 heavy (non-hydrogen) atoms. The molecule has 0 aliphatic heterocycles. The van der Waals surface area contributed by atoms with E-state index in [0.29, 0.717) is 48.7 Å². The molecule has 0 heterocycles. The summed E-state index contributed by atoms with van der Waals surface area (Å²) >= 11 is 0. The molecule has 0 fully saturated rings. The lowest BCUT2D eigenvalue weighted by Crippen LogP contribution is -2.01. The second-order valence-electron chi connectivity index (χ2n) is 8.29. The van der Waals surface area contributed by atoms with Gasteiger partial charge in [0.2, 0.25) is 0 Å². The van der Waals surface area contributed by atoms with Crippen molar-refractivity contribution in [3.8, 4) is 0 Å². The van der Waals surface area contributed by atoms with Gasteiger partial charge in [0.25, 0.3) is 0 Å². The summed E-state index contributed by atoms with van der Waals surface area (Å²) in [4.78, 5) is 24.9. The molecule has 0 radical (unpaired) electrons. The van der Waals surface area contributed by atoms with Gasteiger partial charge in [0.15, 0.2) is 11.6 Å². The molecule has 4 rings (SSSR count). The maximum atomic E-state index is 12.5. The zero-order chi connectivity index (χ0) is 25.0. The predicted octanol–water partition coefficient (Wildman–Crippen LogP) is 6.44. The van der Waals surface area contributed by atoms with E-state index in [9.17, 15) is 9.59 Å². The van der Waals surface area contributed by atoms with E-state index >= 15 is 0 Å². The Kier molecular flexibility index (Phi) is 9.09. The number of ether oxygens (including phenoxy) is 2. The zero-order valence-corrected chi connectivity index (χ0v) is 20.0. The molecule has 0 saturated carbocycles. The lowest BCUT2D eigenvalue weighted by atomic mass is 10.0. The Bertz CT molecular complexity index is 1170. The summed E-state index contributed by atoms with van der Waals surface area (Å²) in [6.07, 6.45) is 3.85. The summed E-state index contributed by atoms with van der Waals surface area (Å²) in [5, 5.41) is 0. The van der Waals surface area contributed by atoms with Crippen molar-refractivity contribution in [3.05, 3.63) is 155 Å². The molecule has 0 spiro atoms. The topological polar surface area (TPSA) is 52.6 Å². The molecular formula is C32H28O4. The third kappa shape index (κ3) is 7.19. The molecular weight excluding hydrogens is 448 g/mol. The minimum absolute atomic E-state index is 0.0163. The van der Waals surface area contributed by atoms with Crippen molar-refractivity contribution in [1.82, 2.24) is 0 Å². The minimum atomic E-state index is 0.0163. The molecule has 180 valence electrons. The van der Waals surface area contributed by atoms with E-state index in [1.54, 1.807) is 0 Å². The van der Waals surface area contributed by atoms with E-state index in [0.717, 1.165) is 11.1 Å². The molecule has 0 aliphatic carbocycles. The number of carbonyl (C=O) groups excluding carboxylic acids is 2. The fraction of sp³-hybridized carbons (Fsp3) is 0.125. The van der Waals surface area contributed by atoms with Gasteiger partial charge in [-0.3, -0.25) is 9.59 Å². The van der Waals surface area contributed by atoms with Gasteiger partial charge in [0.1, 0.15) is 0 Å². The molecule has 0 saturated heterocycles. The van der Waals surface area contributed by atoms with Crippen LogP contribution in [0.1, 0.15) is 43.0 Å². The van der Waals surface area contributed by atoms with Crippen LogP contribution < -0.4 is 0 Å². The summed E-state index contributed by atoms with van der Waals surface area (Å²) in [5.74, 6) is 0.0326. The summed E-state index contributed by atoms with van der Waals surface area (Å²) in [6, 6.07) is 33.5. The average Bonchev–Trinajstić information content (AvgIpc) is 2.95. The lowest BCUT2D eigenvalue weighted by Gasteiger charge is -2.05. The largest absolute Gasteiger partial charge is 0.373 e. The van der Waals surface area contributed by atoms with Gasteiger partial charge in [-0.2, -0.15) is 0 Å². The van der Waals surface area contributed by atoms with Crippen LogP contribution in [0.5, 0.6) is 0 Å². The number of rotatable bonds is 12. The highest BCUT2D eigenvalue weighted by Gasteiger charge is 2.09. The summed E-state index contributed by atoms with van der Waals surface area (Å²) in [7, 11) is 0. The van der Waals surface area contributed by atoms with Crippen LogP contribution in [-0.2, 0) is 22.7 Å². The molecule has 0 aromatic heterocycles. The fourth-order valence-corrected chi connectivity index (χ4v) is 3.64. The highest BCUT2D eigenvalue weighted by Crippen LogP contribution is 2.13. The van der Waals surface area contributed by atoms with Crippen molar-refractivity contribution < 1.29 is 19.1 Å².